The van der Waals surface area contributed by atoms with E-state index in [-0.39, 0.29) is 6.61 Å². The minimum atomic E-state index is -0.257. The number of aromatic nitrogens is 4. The third-order valence-electron chi connectivity index (χ3n) is 4.31. The lowest BCUT2D eigenvalue weighted by molar-refractivity contribution is 0.272. The fraction of sp³-hybridized carbons (Fsp3) is 0.143. The molecule has 0 aliphatic rings. The van der Waals surface area contributed by atoms with Crippen LogP contribution in [0.2, 0.25) is 0 Å². The van der Waals surface area contributed by atoms with Crippen LogP contribution >= 0.6 is 0 Å². The van der Waals surface area contributed by atoms with E-state index in [1.807, 2.05) is 62.4 Å². The number of nitrogens with zero attached hydrogens (tertiary/aromatic N) is 4. The highest BCUT2D eigenvalue weighted by Crippen LogP contribution is 2.26. The number of nitrogens with one attached hydrogen (secondary N) is 1. The van der Waals surface area contributed by atoms with E-state index in [4.69, 9.17) is 0 Å². The number of aliphatic hydroxyl groups excluding tert-OH is 1. The van der Waals surface area contributed by atoms with E-state index in [9.17, 15) is 5.11 Å². The van der Waals surface area contributed by atoms with Crippen molar-refractivity contribution in [3.05, 3.63) is 71.7 Å². The Morgan fingerprint density at radius 2 is 1.74 bits per heavy atom. The highest BCUT2D eigenvalue weighted by molar-refractivity contribution is 5.90. The number of hydrogen-bond acceptors (Lipinski definition) is 6. The Bertz CT molecular complexity index is 1110. The molecular weight excluding hydrogens is 338 g/mol. The van der Waals surface area contributed by atoms with Crippen LogP contribution in [0.25, 0.3) is 22.4 Å². The highest BCUT2D eigenvalue weighted by atomic mass is 16.3. The second kappa shape index (κ2) is 7.09. The van der Waals surface area contributed by atoms with Crippen LogP contribution in [0.1, 0.15) is 17.0 Å². The molecule has 3 aromatic heterocycles. The van der Waals surface area contributed by atoms with Gasteiger partial charge >= 0.3 is 0 Å². The summed E-state index contributed by atoms with van der Waals surface area (Å²) in [6.45, 7) is 3.78. The molecule has 0 saturated carbocycles. The van der Waals surface area contributed by atoms with Crippen LogP contribution in [0.15, 0.2) is 54.7 Å². The summed E-state index contributed by atoms with van der Waals surface area (Å²) < 4.78 is 0. The van der Waals surface area contributed by atoms with Gasteiger partial charge in [0, 0.05) is 11.9 Å². The number of aliphatic hydroxyl groups is 1. The summed E-state index contributed by atoms with van der Waals surface area (Å²) >= 11 is 0. The van der Waals surface area contributed by atoms with Crippen molar-refractivity contribution in [3.63, 3.8) is 0 Å². The third kappa shape index (κ3) is 3.47. The number of pyridine rings is 2. The lowest BCUT2D eigenvalue weighted by Crippen LogP contribution is -2.03. The van der Waals surface area contributed by atoms with Crippen molar-refractivity contribution in [2.24, 2.45) is 0 Å². The maximum atomic E-state index is 9.56. The molecule has 0 unspecified atom stereocenters. The van der Waals surface area contributed by atoms with E-state index < -0.39 is 0 Å². The van der Waals surface area contributed by atoms with Gasteiger partial charge in [-0.25, -0.2) is 15.0 Å². The molecule has 6 heteroatoms. The number of fused-ring (bicyclic) bond motifs is 1. The number of hydrogen-bond donors (Lipinski definition) is 2. The van der Waals surface area contributed by atoms with Crippen LogP contribution in [0.5, 0.6) is 0 Å². The van der Waals surface area contributed by atoms with E-state index in [1.165, 1.54) is 5.56 Å². The molecule has 4 rings (SSSR count). The smallest absolute Gasteiger partial charge is 0.165 e. The van der Waals surface area contributed by atoms with E-state index in [0.717, 1.165) is 28.0 Å². The maximum Gasteiger partial charge on any atom is 0.165 e. The minimum absolute atomic E-state index is 0.257. The predicted octanol–water partition coefficient (Wildman–Crippen LogP) is 3.94. The molecule has 0 amide bonds. The highest BCUT2D eigenvalue weighted by Gasteiger charge is 2.12. The standard InChI is InChI=1S/C21H19N5O/c1-13-5-7-15(8-6-13)23-20-16-9-10-17(19-14(2)4-3-11-22-19)24-21(16)26-18(12-27)25-20/h3-11,27H,12H2,1-2H3,(H,23,24,25,26). The number of benzene rings is 1. The van der Waals surface area contributed by atoms with Gasteiger partial charge in [0.05, 0.1) is 16.8 Å². The first-order valence-corrected chi connectivity index (χ1v) is 8.68. The lowest BCUT2D eigenvalue weighted by atomic mass is 10.1. The summed E-state index contributed by atoms with van der Waals surface area (Å²) in [5.74, 6) is 0.934. The van der Waals surface area contributed by atoms with Gasteiger partial charge < -0.3 is 10.4 Å². The van der Waals surface area contributed by atoms with Gasteiger partial charge in [0.15, 0.2) is 11.5 Å². The van der Waals surface area contributed by atoms with E-state index >= 15 is 0 Å². The molecular formula is C21H19N5O. The second-order valence-electron chi connectivity index (χ2n) is 6.37. The van der Waals surface area contributed by atoms with Crippen molar-refractivity contribution in [1.29, 1.82) is 0 Å². The van der Waals surface area contributed by atoms with Gasteiger partial charge in [-0.15, -0.1) is 0 Å². The number of rotatable bonds is 4. The number of aryl methyl sites for hydroxylation is 2. The van der Waals surface area contributed by atoms with E-state index in [2.05, 4.69) is 25.3 Å². The molecule has 27 heavy (non-hydrogen) atoms. The van der Waals surface area contributed by atoms with Gasteiger partial charge in [-0.05, 0) is 49.7 Å². The van der Waals surface area contributed by atoms with Gasteiger partial charge in [-0.2, -0.15) is 0 Å². The Labute approximate surface area is 157 Å². The summed E-state index contributed by atoms with van der Waals surface area (Å²) in [5, 5.41) is 13.6. The van der Waals surface area contributed by atoms with Crippen molar-refractivity contribution >= 4 is 22.5 Å². The minimum Gasteiger partial charge on any atom is -0.388 e. The molecule has 0 fully saturated rings. The molecule has 4 aromatic rings. The molecule has 0 aliphatic carbocycles. The molecule has 6 nitrogen and oxygen atoms in total. The van der Waals surface area contributed by atoms with Crippen LogP contribution < -0.4 is 5.32 Å². The average Bonchev–Trinajstić information content (AvgIpc) is 2.69. The lowest BCUT2D eigenvalue weighted by Gasteiger charge is -2.11. The first-order valence-electron chi connectivity index (χ1n) is 8.68. The summed E-state index contributed by atoms with van der Waals surface area (Å²) in [6.07, 6.45) is 1.75. The number of anilines is 2. The summed E-state index contributed by atoms with van der Waals surface area (Å²) in [4.78, 5) is 17.9. The quantitative estimate of drug-likeness (QED) is 0.575. The zero-order chi connectivity index (χ0) is 18.8. The largest absolute Gasteiger partial charge is 0.388 e. The van der Waals surface area contributed by atoms with Crippen molar-refractivity contribution < 1.29 is 5.11 Å². The van der Waals surface area contributed by atoms with Crippen LogP contribution in [0.3, 0.4) is 0 Å². The molecule has 0 radical (unpaired) electrons. The molecule has 3 heterocycles. The van der Waals surface area contributed by atoms with E-state index in [0.29, 0.717) is 17.3 Å². The van der Waals surface area contributed by atoms with Gasteiger partial charge in [0.25, 0.3) is 0 Å². The van der Waals surface area contributed by atoms with Crippen LogP contribution in [0, 0.1) is 13.8 Å². The molecule has 134 valence electrons. The fourth-order valence-electron chi connectivity index (χ4n) is 2.88. The second-order valence-corrected chi connectivity index (χ2v) is 6.37. The molecule has 0 bridgehead atoms. The van der Waals surface area contributed by atoms with Gasteiger partial charge in [0.2, 0.25) is 0 Å². The van der Waals surface area contributed by atoms with Crippen molar-refractivity contribution in [3.8, 4) is 11.4 Å². The van der Waals surface area contributed by atoms with Crippen molar-refractivity contribution in [2.75, 3.05) is 5.32 Å². The van der Waals surface area contributed by atoms with Crippen molar-refractivity contribution in [1.82, 2.24) is 19.9 Å². The Hall–Kier alpha value is -3.38. The van der Waals surface area contributed by atoms with Crippen LogP contribution in [-0.2, 0) is 6.61 Å². The summed E-state index contributed by atoms with van der Waals surface area (Å²) in [7, 11) is 0. The first-order chi connectivity index (χ1) is 13.1. The van der Waals surface area contributed by atoms with Gasteiger partial charge in [0.1, 0.15) is 12.4 Å². The van der Waals surface area contributed by atoms with Crippen molar-refractivity contribution in [2.45, 2.75) is 20.5 Å². The van der Waals surface area contributed by atoms with Crippen LogP contribution in [-0.4, -0.2) is 25.0 Å². The molecule has 0 spiro atoms. The molecule has 0 saturated heterocycles. The topological polar surface area (TPSA) is 83.8 Å². The Balaban J connectivity index is 1.82. The maximum absolute atomic E-state index is 9.56. The monoisotopic (exact) mass is 357 g/mol. The molecule has 0 atom stereocenters. The average molecular weight is 357 g/mol. The van der Waals surface area contributed by atoms with Gasteiger partial charge in [-0.1, -0.05) is 23.8 Å². The Morgan fingerprint density at radius 3 is 2.48 bits per heavy atom. The molecule has 1 aromatic carbocycles. The Morgan fingerprint density at radius 1 is 0.926 bits per heavy atom. The first kappa shape index (κ1) is 17.1. The SMILES string of the molecule is Cc1ccc(Nc2nc(CO)nc3nc(-c4ncccc4C)ccc23)cc1. The zero-order valence-corrected chi connectivity index (χ0v) is 15.1. The molecule has 0 aliphatic heterocycles. The molecule has 2 N–H and O–H groups in total. The Kier molecular flexibility index (Phi) is 4.48. The normalized spacial score (nSPS) is 10.9. The summed E-state index contributed by atoms with van der Waals surface area (Å²) in [6, 6.07) is 15.8. The summed E-state index contributed by atoms with van der Waals surface area (Å²) in [5.41, 5.74) is 5.21. The fourth-order valence-corrected chi connectivity index (χ4v) is 2.88. The van der Waals surface area contributed by atoms with Crippen LogP contribution in [0.4, 0.5) is 11.5 Å². The third-order valence-corrected chi connectivity index (χ3v) is 4.31. The van der Waals surface area contributed by atoms with Gasteiger partial charge in [-0.3, -0.25) is 4.98 Å². The predicted molar refractivity (Wildman–Crippen MR) is 106 cm³/mol. The van der Waals surface area contributed by atoms with E-state index in [1.54, 1.807) is 6.20 Å². The zero-order valence-electron chi connectivity index (χ0n) is 15.1.